The molecule has 0 atom stereocenters. The maximum atomic E-state index is 12.8. The summed E-state index contributed by atoms with van der Waals surface area (Å²) in [5.41, 5.74) is -0.0973. The highest BCUT2D eigenvalue weighted by atomic mass is 32.2. The second-order valence-corrected chi connectivity index (χ2v) is 5.10. The summed E-state index contributed by atoms with van der Waals surface area (Å²) in [6.45, 7) is 0. The fourth-order valence-corrected chi connectivity index (χ4v) is 2.52. The molecule has 108 valence electrons. The Balaban J connectivity index is 2.36. The first-order valence-electron chi connectivity index (χ1n) is 5.81. The topological polar surface area (TPSA) is 69.4 Å². The van der Waals surface area contributed by atoms with Gasteiger partial charge < -0.3 is 4.74 Å². The average molecular weight is 307 g/mol. The molecule has 0 heterocycles. The quantitative estimate of drug-likeness (QED) is 0.489. The van der Waals surface area contributed by atoms with Crippen LogP contribution >= 0.6 is 11.8 Å². The number of hydrogen-bond donors (Lipinski definition) is 0. The first-order chi connectivity index (χ1) is 10.0. The first kappa shape index (κ1) is 15.0. The van der Waals surface area contributed by atoms with Crippen molar-refractivity contribution < 1.29 is 18.8 Å². The van der Waals surface area contributed by atoms with Crippen LogP contribution in [0, 0.1) is 15.9 Å². The van der Waals surface area contributed by atoms with E-state index in [1.54, 1.807) is 0 Å². The number of nitro groups is 1. The van der Waals surface area contributed by atoms with Crippen molar-refractivity contribution in [2.75, 3.05) is 7.11 Å². The van der Waals surface area contributed by atoms with Gasteiger partial charge in [0.25, 0.3) is 5.69 Å². The molecule has 7 heteroatoms. The fourth-order valence-electron chi connectivity index (χ4n) is 1.62. The van der Waals surface area contributed by atoms with E-state index in [0.29, 0.717) is 9.79 Å². The van der Waals surface area contributed by atoms with E-state index >= 15 is 0 Å². The van der Waals surface area contributed by atoms with Gasteiger partial charge in [-0.15, -0.1) is 0 Å². The molecule has 0 saturated carbocycles. The van der Waals surface area contributed by atoms with Crippen LogP contribution < -0.4 is 0 Å². The number of nitro benzene ring substituents is 1. The first-order valence-corrected chi connectivity index (χ1v) is 6.63. The zero-order valence-electron chi connectivity index (χ0n) is 10.9. The predicted octanol–water partition coefficient (Wildman–Crippen LogP) is 3.67. The van der Waals surface area contributed by atoms with E-state index in [-0.39, 0.29) is 17.1 Å². The minimum atomic E-state index is -0.642. The summed E-state index contributed by atoms with van der Waals surface area (Å²) in [7, 11) is 1.20. The van der Waals surface area contributed by atoms with E-state index in [2.05, 4.69) is 4.74 Å². The number of nitrogens with zero attached hydrogens (tertiary/aromatic N) is 1. The Bertz CT molecular complexity index is 688. The highest BCUT2D eigenvalue weighted by Crippen LogP contribution is 2.35. The zero-order valence-corrected chi connectivity index (χ0v) is 11.7. The van der Waals surface area contributed by atoms with Gasteiger partial charge in [-0.3, -0.25) is 10.1 Å². The number of halogens is 1. The lowest BCUT2D eigenvalue weighted by atomic mass is 10.2. The second-order valence-electron chi connectivity index (χ2n) is 3.99. The van der Waals surface area contributed by atoms with Crippen LogP contribution in [0.5, 0.6) is 0 Å². The molecule has 2 aromatic rings. The molecule has 0 aliphatic heterocycles. The predicted molar refractivity (Wildman–Crippen MR) is 75.0 cm³/mol. The van der Waals surface area contributed by atoms with Gasteiger partial charge in [-0.25, -0.2) is 9.18 Å². The van der Waals surface area contributed by atoms with Gasteiger partial charge in [-0.2, -0.15) is 0 Å². The van der Waals surface area contributed by atoms with Crippen LogP contribution in [0.15, 0.2) is 52.3 Å². The Hall–Kier alpha value is -2.41. The molecule has 0 fully saturated rings. The molecule has 2 aromatic carbocycles. The van der Waals surface area contributed by atoms with E-state index in [1.807, 2.05) is 0 Å². The average Bonchev–Trinajstić information content (AvgIpc) is 2.49. The molecule has 2 rings (SSSR count). The third kappa shape index (κ3) is 3.57. The van der Waals surface area contributed by atoms with Crippen LogP contribution in [0.2, 0.25) is 0 Å². The van der Waals surface area contributed by atoms with Crippen molar-refractivity contribution in [2.24, 2.45) is 0 Å². The van der Waals surface area contributed by atoms with E-state index in [1.165, 1.54) is 43.5 Å². The highest BCUT2D eigenvalue weighted by Gasteiger charge is 2.18. The molecule has 0 bridgehead atoms. The Morgan fingerprint density at radius 1 is 1.24 bits per heavy atom. The Kier molecular flexibility index (Phi) is 4.54. The van der Waals surface area contributed by atoms with Gasteiger partial charge in [-0.05, 0) is 36.4 Å². The van der Waals surface area contributed by atoms with Crippen molar-refractivity contribution in [2.45, 2.75) is 9.79 Å². The minimum Gasteiger partial charge on any atom is -0.465 e. The summed E-state index contributed by atoms with van der Waals surface area (Å²) in [5.74, 6) is -1.02. The van der Waals surface area contributed by atoms with Crippen molar-refractivity contribution in [3.05, 3.63) is 64.0 Å². The minimum absolute atomic E-state index is 0.104. The molecular formula is C14H10FNO4S. The van der Waals surface area contributed by atoms with Crippen molar-refractivity contribution >= 4 is 23.4 Å². The standard InChI is InChI=1S/C14H10FNO4S/c1-20-14(17)9-2-7-13(12(8-9)16(18)19)21-11-5-3-10(15)4-6-11/h2-8H,1H3. The number of benzene rings is 2. The van der Waals surface area contributed by atoms with Crippen LogP contribution in [0.25, 0.3) is 0 Å². The van der Waals surface area contributed by atoms with Crippen LogP contribution in [0.1, 0.15) is 10.4 Å². The molecule has 0 spiro atoms. The molecule has 0 unspecified atom stereocenters. The molecule has 0 radical (unpaired) electrons. The number of rotatable bonds is 4. The van der Waals surface area contributed by atoms with Crippen LogP contribution in [0.3, 0.4) is 0 Å². The second kappa shape index (κ2) is 6.36. The van der Waals surface area contributed by atoms with Gasteiger partial charge >= 0.3 is 5.97 Å². The third-order valence-corrected chi connectivity index (χ3v) is 3.69. The third-order valence-electron chi connectivity index (χ3n) is 2.62. The maximum absolute atomic E-state index is 12.8. The van der Waals surface area contributed by atoms with Gasteiger partial charge in [0.1, 0.15) is 5.82 Å². The largest absolute Gasteiger partial charge is 0.465 e. The molecule has 0 amide bonds. The molecule has 0 aliphatic carbocycles. The molecule has 0 N–H and O–H groups in total. The van der Waals surface area contributed by atoms with Gasteiger partial charge in [0.2, 0.25) is 0 Å². The summed E-state index contributed by atoms with van der Waals surface area (Å²) in [5, 5.41) is 11.1. The molecule has 0 aromatic heterocycles. The lowest BCUT2D eigenvalue weighted by molar-refractivity contribution is -0.387. The molecule has 5 nitrogen and oxygen atoms in total. The highest BCUT2D eigenvalue weighted by molar-refractivity contribution is 7.99. The summed E-state index contributed by atoms with van der Waals surface area (Å²) < 4.78 is 17.4. The van der Waals surface area contributed by atoms with E-state index in [0.717, 1.165) is 17.8 Å². The fraction of sp³-hybridized carbons (Fsp3) is 0.0714. The Morgan fingerprint density at radius 2 is 1.90 bits per heavy atom. The Morgan fingerprint density at radius 3 is 2.48 bits per heavy atom. The van der Waals surface area contributed by atoms with Crippen molar-refractivity contribution in [1.29, 1.82) is 0 Å². The number of carbonyl (C=O) groups excluding carboxylic acids is 1. The lowest BCUT2D eigenvalue weighted by Gasteiger charge is -2.05. The van der Waals surface area contributed by atoms with Crippen molar-refractivity contribution in [1.82, 2.24) is 0 Å². The number of carbonyl (C=O) groups is 1. The van der Waals surface area contributed by atoms with Gasteiger partial charge in [0.15, 0.2) is 0 Å². The van der Waals surface area contributed by atoms with Crippen molar-refractivity contribution in [3.8, 4) is 0 Å². The van der Waals surface area contributed by atoms with Crippen LogP contribution in [0.4, 0.5) is 10.1 Å². The number of methoxy groups -OCH3 is 1. The van der Waals surface area contributed by atoms with E-state index in [4.69, 9.17) is 0 Å². The van der Waals surface area contributed by atoms with Crippen molar-refractivity contribution in [3.63, 3.8) is 0 Å². The monoisotopic (exact) mass is 307 g/mol. The summed E-state index contributed by atoms with van der Waals surface area (Å²) in [6.07, 6.45) is 0. The normalized spacial score (nSPS) is 10.2. The van der Waals surface area contributed by atoms with Gasteiger partial charge in [0.05, 0.1) is 22.5 Å². The van der Waals surface area contributed by atoms with Crippen LogP contribution in [-0.2, 0) is 4.74 Å². The zero-order chi connectivity index (χ0) is 15.4. The SMILES string of the molecule is COC(=O)c1ccc(Sc2ccc(F)cc2)c([N+](=O)[O-])c1. The number of hydrogen-bond acceptors (Lipinski definition) is 5. The maximum Gasteiger partial charge on any atom is 0.338 e. The lowest BCUT2D eigenvalue weighted by Crippen LogP contribution is -2.02. The smallest absolute Gasteiger partial charge is 0.338 e. The summed E-state index contributed by atoms with van der Waals surface area (Å²) in [4.78, 5) is 23.0. The molecule has 0 aliphatic rings. The van der Waals surface area contributed by atoms with Gasteiger partial charge in [0, 0.05) is 11.0 Å². The molecule has 0 saturated heterocycles. The van der Waals surface area contributed by atoms with Crippen LogP contribution in [-0.4, -0.2) is 18.0 Å². The Labute approximate surface area is 123 Å². The molecule has 21 heavy (non-hydrogen) atoms. The van der Waals surface area contributed by atoms with E-state index < -0.39 is 10.9 Å². The van der Waals surface area contributed by atoms with Gasteiger partial charge in [-0.1, -0.05) is 11.8 Å². The van der Waals surface area contributed by atoms with E-state index in [9.17, 15) is 19.3 Å². The number of esters is 1. The number of ether oxygens (including phenoxy) is 1. The summed E-state index contributed by atoms with van der Waals surface area (Å²) in [6, 6.07) is 9.69. The molecular weight excluding hydrogens is 297 g/mol. The summed E-state index contributed by atoms with van der Waals surface area (Å²) >= 11 is 1.12.